The molecule has 3 rings (SSSR count). The van der Waals surface area contributed by atoms with Crippen molar-refractivity contribution in [3.8, 4) is 5.75 Å². The van der Waals surface area contributed by atoms with E-state index in [0.29, 0.717) is 18.9 Å². The molecule has 1 aromatic carbocycles. The molecule has 0 saturated carbocycles. The molecule has 0 N–H and O–H groups in total. The number of carbonyl (C=O) groups excluding carboxylic acids is 1. The predicted octanol–water partition coefficient (Wildman–Crippen LogP) is 3.23. The average molecular weight is 342 g/mol. The number of methoxy groups -OCH3 is 1. The van der Waals surface area contributed by atoms with Crippen molar-refractivity contribution in [2.45, 2.75) is 25.4 Å². The van der Waals surface area contributed by atoms with Crippen molar-refractivity contribution in [3.05, 3.63) is 23.8 Å². The molecule has 2 heterocycles. The lowest BCUT2D eigenvalue weighted by Crippen LogP contribution is -2.23. The summed E-state index contributed by atoms with van der Waals surface area (Å²) in [6.07, 6.45) is -3.10. The summed E-state index contributed by atoms with van der Waals surface area (Å²) in [5.74, 6) is -0.293. The zero-order valence-electron chi connectivity index (χ0n) is 13.1. The normalized spacial score (nSPS) is 19.6. The van der Waals surface area contributed by atoms with Crippen molar-refractivity contribution < 1.29 is 27.4 Å². The lowest BCUT2D eigenvalue weighted by atomic mass is 9.93. The highest BCUT2D eigenvalue weighted by Crippen LogP contribution is 2.40. The van der Waals surface area contributed by atoms with E-state index in [4.69, 9.17) is 9.47 Å². The molecule has 1 fully saturated rings. The number of anilines is 1. The number of benzene rings is 1. The standard InChI is InChI=1S/C16H17F3N2O3/c1-23-11-2-3-14(12(8-11)16(17,18)19)21-15(22)9-13(20-21)10-4-6-24-7-5-10/h2-3,8,10H,4-7,9H2,1H3. The Morgan fingerprint density at radius 3 is 2.62 bits per heavy atom. The number of hydrazone groups is 1. The molecule has 24 heavy (non-hydrogen) atoms. The molecule has 0 bridgehead atoms. The van der Waals surface area contributed by atoms with Crippen molar-refractivity contribution >= 4 is 17.3 Å². The van der Waals surface area contributed by atoms with E-state index in [1.54, 1.807) is 0 Å². The zero-order valence-corrected chi connectivity index (χ0v) is 13.1. The van der Waals surface area contributed by atoms with E-state index in [1.165, 1.54) is 19.2 Å². The number of rotatable bonds is 3. The monoisotopic (exact) mass is 342 g/mol. The molecule has 0 unspecified atom stereocenters. The lowest BCUT2D eigenvalue weighted by Gasteiger charge is -2.21. The summed E-state index contributed by atoms with van der Waals surface area (Å²) in [5, 5.41) is 5.06. The first-order valence-corrected chi connectivity index (χ1v) is 7.63. The molecule has 0 aliphatic carbocycles. The Labute approximate surface area is 137 Å². The number of hydrogen-bond acceptors (Lipinski definition) is 4. The maximum Gasteiger partial charge on any atom is 0.418 e. The third-order valence-electron chi connectivity index (χ3n) is 4.23. The number of hydrogen-bond donors (Lipinski definition) is 0. The van der Waals surface area contributed by atoms with Gasteiger partial charge in [0.25, 0.3) is 5.91 Å². The third kappa shape index (κ3) is 3.24. The van der Waals surface area contributed by atoms with Crippen molar-refractivity contribution in [1.82, 2.24) is 0 Å². The predicted molar refractivity (Wildman–Crippen MR) is 81.1 cm³/mol. The fourth-order valence-corrected chi connectivity index (χ4v) is 2.95. The Bertz CT molecular complexity index is 667. The van der Waals surface area contributed by atoms with Crippen molar-refractivity contribution in [2.24, 2.45) is 11.0 Å². The SMILES string of the molecule is COc1ccc(N2N=C(C3CCOCC3)CC2=O)c(C(F)(F)F)c1. The lowest BCUT2D eigenvalue weighted by molar-refractivity contribution is -0.137. The second kappa shape index (κ2) is 6.43. The molecule has 1 aromatic rings. The van der Waals surface area contributed by atoms with Crippen LogP contribution in [0.1, 0.15) is 24.8 Å². The van der Waals surface area contributed by atoms with Gasteiger partial charge in [0.05, 0.1) is 30.5 Å². The largest absolute Gasteiger partial charge is 0.497 e. The van der Waals surface area contributed by atoms with E-state index in [9.17, 15) is 18.0 Å². The molecule has 0 aromatic heterocycles. The van der Waals surface area contributed by atoms with E-state index in [1.807, 2.05) is 0 Å². The van der Waals surface area contributed by atoms with Gasteiger partial charge in [0.15, 0.2) is 0 Å². The summed E-state index contributed by atoms with van der Waals surface area (Å²) in [7, 11) is 1.29. The van der Waals surface area contributed by atoms with Gasteiger partial charge in [-0.1, -0.05) is 0 Å². The average Bonchev–Trinajstić information content (AvgIpc) is 2.96. The number of amides is 1. The number of carbonyl (C=O) groups is 1. The van der Waals surface area contributed by atoms with Crippen molar-refractivity contribution in [3.63, 3.8) is 0 Å². The quantitative estimate of drug-likeness (QED) is 0.847. The van der Waals surface area contributed by atoms with Crippen LogP contribution in [-0.2, 0) is 15.7 Å². The fraction of sp³-hybridized carbons (Fsp3) is 0.500. The van der Waals surface area contributed by atoms with Crippen LogP contribution in [0.3, 0.4) is 0 Å². The number of ether oxygens (including phenoxy) is 2. The van der Waals surface area contributed by atoms with Gasteiger partial charge in [-0.15, -0.1) is 0 Å². The Morgan fingerprint density at radius 1 is 1.29 bits per heavy atom. The van der Waals surface area contributed by atoms with E-state index >= 15 is 0 Å². The van der Waals surface area contributed by atoms with Crippen LogP contribution in [0, 0.1) is 5.92 Å². The molecule has 1 amide bonds. The van der Waals surface area contributed by atoms with Crippen LogP contribution in [0.2, 0.25) is 0 Å². The Balaban J connectivity index is 1.95. The van der Waals surface area contributed by atoms with Crippen LogP contribution in [0.15, 0.2) is 23.3 Å². The fourth-order valence-electron chi connectivity index (χ4n) is 2.95. The molecule has 130 valence electrons. The first-order valence-electron chi connectivity index (χ1n) is 7.63. The first kappa shape index (κ1) is 16.8. The second-order valence-corrected chi connectivity index (χ2v) is 5.74. The minimum absolute atomic E-state index is 0.0496. The smallest absolute Gasteiger partial charge is 0.418 e. The van der Waals surface area contributed by atoms with Gasteiger partial charge in [0.1, 0.15) is 5.75 Å². The molecular weight excluding hydrogens is 325 g/mol. The molecule has 8 heteroatoms. The van der Waals surface area contributed by atoms with Gasteiger partial charge >= 0.3 is 6.18 Å². The Kier molecular flexibility index (Phi) is 4.49. The molecule has 0 atom stereocenters. The van der Waals surface area contributed by atoms with Crippen LogP contribution in [0.25, 0.3) is 0 Å². The molecular formula is C16H17F3N2O3. The molecule has 0 spiro atoms. The van der Waals surface area contributed by atoms with Gasteiger partial charge in [-0.25, -0.2) is 0 Å². The summed E-state index contributed by atoms with van der Waals surface area (Å²) >= 11 is 0. The van der Waals surface area contributed by atoms with Crippen LogP contribution >= 0.6 is 0 Å². The van der Waals surface area contributed by atoms with E-state index in [2.05, 4.69) is 5.10 Å². The Hall–Kier alpha value is -2.09. The zero-order chi connectivity index (χ0) is 17.3. The van der Waals surface area contributed by atoms with Crippen molar-refractivity contribution in [1.29, 1.82) is 0 Å². The second-order valence-electron chi connectivity index (χ2n) is 5.74. The van der Waals surface area contributed by atoms with Crippen LogP contribution < -0.4 is 9.75 Å². The topological polar surface area (TPSA) is 51.1 Å². The first-order chi connectivity index (χ1) is 11.4. The van der Waals surface area contributed by atoms with E-state index < -0.39 is 17.6 Å². The maximum absolute atomic E-state index is 13.3. The minimum atomic E-state index is -4.61. The van der Waals surface area contributed by atoms with Gasteiger partial charge in [-0.3, -0.25) is 4.79 Å². The summed E-state index contributed by atoms with van der Waals surface area (Å²) in [6.45, 7) is 1.16. The molecule has 5 nitrogen and oxygen atoms in total. The van der Waals surface area contributed by atoms with Crippen molar-refractivity contribution in [2.75, 3.05) is 25.3 Å². The number of nitrogens with zero attached hydrogens (tertiary/aromatic N) is 2. The van der Waals surface area contributed by atoms with E-state index in [-0.39, 0.29) is 23.8 Å². The summed E-state index contributed by atoms with van der Waals surface area (Å²) in [6, 6.07) is 3.49. The molecule has 0 radical (unpaired) electrons. The maximum atomic E-state index is 13.3. The van der Waals surface area contributed by atoms with Gasteiger partial charge in [-0.2, -0.15) is 23.3 Å². The van der Waals surface area contributed by atoms with Gasteiger partial charge in [0, 0.05) is 19.1 Å². The van der Waals surface area contributed by atoms with Crippen LogP contribution in [0.4, 0.5) is 18.9 Å². The summed E-state index contributed by atoms with van der Waals surface area (Å²) < 4.78 is 50.1. The summed E-state index contributed by atoms with van der Waals surface area (Å²) in [5.41, 5.74) is -0.574. The van der Waals surface area contributed by atoms with E-state index in [0.717, 1.165) is 23.9 Å². The highest BCUT2D eigenvalue weighted by atomic mass is 19.4. The highest BCUT2D eigenvalue weighted by molar-refractivity contribution is 6.14. The Morgan fingerprint density at radius 2 is 2.00 bits per heavy atom. The van der Waals surface area contributed by atoms with Crippen LogP contribution in [0.5, 0.6) is 5.75 Å². The number of halogens is 3. The van der Waals surface area contributed by atoms with Gasteiger partial charge in [-0.05, 0) is 31.0 Å². The third-order valence-corrected chi connectivity index (χ3v) is 4.23. The summed E-state index contributed by atoms with van der Waals surface area (Å²) in [4.78, 5) is 12.2. The van der Waals surface area contributed by atoms with Gasteiger partial charge < -0.3 is 9.47 Å². The minimum Gasteiger partial charge on any atom is -0.497 e. The molecule has 2 aliphatic heterocycles. The molecule has 2 aliphatic rings. The molecule has 1 saturated heterocycles. The van der Waals surface area contributed by atoms with Crippen LogP contribution in [-0.4, -0.2) is 31.9 Å². The number of alkyl halides is 3. The van der Waals surface area contributed by atoms with Gasteiger partial charge in [0.2, 0.25) is 0 Å². The highest BCUT2D eigenvalue weighted by Gasteiger charge is 2.39.